The van der Waals surface area contributed by atoms with Crippen LogP contribution in [0, 0.1) is 6.92 Å². The second kappa shape index (κ2) is 6.62. The van der Waals surface area contributed by atoms with Gasteiger partial charge in [0.2, 0.25) is 0 Å². The first-order valence-electron chi connectivity index (χ1n) is 6.98. The van der Waals surface area contributed by atoms with Crippen molar-refractivity contribution in [3.63, 3.8) is 0 Å². The van der Waals surface area contributed by atoms with E-state index in [4.69, 9.17) is 11.6 Å². The quantitative estimate of drug-likeness (QED) is 0.874. The number of rotatable bonds is 5. The first kappa shape index (κ1) is 16.7. The maximum atomic E-state index is 12.4. The summed E-state index contributed by atoms with van der Waals surface area (Å²) >= 11 is 7.70. The molecule has 0 unspecified atom stereocenters. The highest BCUT2D eigenvalue weighted by Crippen LogP contribution is 2.26. The molecule has 0 radical (unpaired) electrons. The number of hydrogen-bond acceptors (Lipinski definition) is 5. The third-order valence-electron chi connectivity index (χ3n) is 3.03. The van der Waals surface area contributed by atoms with Gasteiger partial charge in [-0.3, -0.25) is 4.79 Å². The van der Waals surface area contributed by atoms with Crippen molar-refractivity contribution in [3.8, 4) is 0 Å². The van der Waals surface area contributed by atoms with E-state index in [1.54, 1.807) is 23.6 Å². The van der Waals surface area contributed by atoms with Gasteiger partial charge in [-0.05, 0) is 33.8 Å². The van der Waals surface area contributed by atoms with Gasteiger partial charge in [-0.1, -0.05) is 11.6 Å². The molecule has 0 atom stereocenters. The Morgan fingerprint density at radius 3 is 2.64 bits per heavy atom. The van der Waals surface area contributed by atoms with Gasteiger partial charge in [0.25, 0.3) is 5.91 Å². The highest BCUT2D eigenvalue weighted by Gasteiger charge is 2.27. The third kappa shape index (κ3) is 3.75. The van der Waals surface area contributed by atoms with Gasteiger partial charge in [0, 0.05) is 23.8 Å². The van der Waals surface area contributed by atoms with E-state index < -0.39 is 5.54 Å². The number of aromatic nitrogens is 2. The molecule has 2 rings (SSSR count). The van der Waals surface area contributed by atoms with Crippen molar-refractivity contribution in [2.75, 3.05) is 11.9 Å². The summed E-state index contributed by atoms with van der Waals surface area (Å²) < 4.78 is 0. The summed E-state index contributed by atoms with van der Waals surface area (Å²) in [5, 5.41) is 7.30. The molecule has 22 heavy (non-hydrogen) atoms. The van der Waals surface area contributed by atoms with E-state index in [-0.39, 0.29) is 5.91 Å². The maximum Gasteiger partial charge on any atom is 0.253 e. The fourth-order valence-electron chi connectivity index (χ4n) is 1.91. The van der Waals surface area contributed by atoms with Crippen LogP contribution in [0.15, 0.2) is 18.5 Å². The molecule has 0 saturated heterocycles. The zero-order valence-corrected chi connectivity index (χ0v) is 14.6. The van der Waals surface area contributed by atoms with Gasteiger partial charge in [-0.15, -0.1) is 11.3 Å². The summed E-state index contributed by atoms with van der Waals surface area (Å²) in [4.78, 5) is 22.0. The Morgan fingerprint density at radius 1 is 1.36 bits per heavy atom. The number of nitrogens with zero attached hydrogens (tertiary/aromatic N) is 2. The summed E-state index contributed by atoms with van der Waals surface area (Å²) in [6, 6.07) is 1.62. The number of hydrogen-bond donors (Lipinski definition) is 2. The molecule has 0 aromatic carbocycles. The van der Waals surface area contributed by atoms with Crippen molar-refractivity contribution in [2.45, 2.75) is 33.2 Å². The van der Waals surface area contributed by atoms with Crippen LogP contribution in [0.3, 0.4) is 0 Å². The molecule has 7 heteroatoms. The minimum absolute atomic E-state index is 0.227. The predicted octanol–water partition coefficient (Wildman–Crippen LogP) is 3.60. The van der Waals surface area contributed by atoms with E-state index in [0.717, 1.165) is 9.88 Å². The minimum atomic E-state index is -0.553. The average molecular weight is 339 g/mol. The van der Waals surface area contributed by atoms with Crippen LogP contribution in [0.5, 0.6) is 0 Å². The SMILES string of the molecule is CCNc1ncc(C(=O)NC(C)(C)c2ncc(C)s2)cc1Cl. The van der Waals surface area contributed by atoms with Crippen molar-refractivity contribution < 1.29 is 4.79 Å². The van der Waals surface area contributed by atoms with Crippen LogP contribution in [-0.2, 0) is 5.54 Å². The lowest BCUT2D eigenvalue weighted by Crippen LogP contribution is -2.41. The first-order valence-corrected chi connectivity index (χ1v) is 8.17. The molecular weight excluding hydrogens is 320 g/mol. The number of carbonyl (C=O) groups excluding carboxylic acids is 1. The summed E-state index contributed by atoms with van der Waals surface area (Å²) in [7, 11) is 0. The van der Waals surface area contributed by atoms with Crippen molar-refractivity contribution in [1.82, 2.24) is 15.3 Å². The van der Waals surface area contributed by atoms with E-state index >= 15 is 0 Å². The molecule has 0 aliphatic carbocycles. The van der Waals surface area contributed by atoms with Crippen LogP contribution >= 0.6 is 22.9 Å². The van der Waals surface area contributed by atoms with Crippen molar-refractivity contribution in [1.29, 1.82) is 0 Å². The Morgan fingerprint density at radius 2 is 2.09 bits per heavy atom. The van der Waals surface area contributed by atoms with E-state index in [1.165, 1.54) is 6.20 Å². The lowest BCUT2D eigenvalue weighted by atomic mass is 10.1. The second-order valence-corrected chi connectivity index (χ2v) is 7.08. The average Bonchev–Trinajstić information content (AvgIpc) is 2.88. The number of carbonyl (C=O) groups is 1. The van der Waals surface area contributed by atoms with Crippen molar-refractivity contribution in [3.05, 3.63) is 38.9 Å². The Balaban J connectivity index is 2.16. The second-order valence-electron chi connectivity index (χ2n) is 5.44. The molecule has 0 saturated carbocycles. The van der Waals surface area contributed by atoms with Crippen LogP contribution in [-0.4, -0.2) is 22.4 Å². The van der Waals surface area contributed by atoms with E-state index in [0.29, 0.717) is 22.9 Å². The van der Waals surface area contributed by atoms with Gasteiger partial charge < -0.3 is 10.6 Å². The topological polar surface area (TPSA) is 66.9 Å². The number of anilines is 1. The van der Waals surface area contributed by atoms with E-state index in [2.05, 4.69) is 20.6 Å². The Bertz CT molecular complexity index is 684. The zero-order valence-electron chi connectivity index (χ0n) is 13.0. The van der Waals surface area contributed by atoms with Gasteiger partial charge in [0.05, 0.1) is 16.1 Å². The van der Waals surface area contributed by atoms with Crippen LogP contribution in [0.4, 0.5) is 5.82 Å². The number of halogens is 1. The van der Waals surface area contributed by atoms with Gasteiger partial charge in [-0.2, -0.15) is 0 Å². The molecule has 1 amide bonds. The lowest BCUT2D eigenvalue weighted by molar-refractivity contribution is 0.0911. The zero-order chi connectivity index (χ0) is 16.3. The predicted molar refractivity (Wildman–Crippen MR) is 90.8 cm³/mol. The Hall–Kier alpha value is -1.66. The molecule has 0 aliphatic rings. The highest BCUT2D eigenvalue weighted by atomic mass is 35.5. The smallest absolute Gasteiger partial charge is 0.253 e. The van der Waals surface area contributed by atoms with Gasteiger partial charge in [0.1, 0.15) is 10.8 Å². The number of thiazole rings is 1. The molecule has 2 heterocycles. The molecule has 0 fully saturated rings. The Labute approximate surface area is 139 Å². The van der Waals surface area contributed by atoms with Gasteiger partial charge in [0.15, 0.2) is 0 Å². The van der Waals surface area contributed by atoms with Gasteiger partial charge in [-0.25, -0.2) is 9.97 Å². The molecular formula is C15H19ClN4OS. The molecule has 0 bridgehead atoms. The number of nitrogens with one attached hydrogen (secondary N) is 2. The normalized spacial score (nSPS) is 11.3. The van der Waals surface area contributed by atoms with Crippen LogP contribution in [0.1, 0.15) is 41.0 Å². The Kier molecular flexibility index (Phi) is 5.03. The molecule has 2 aromatic rings. The lowest BCUT2D eigenvalue weighted by Gasteiger charge is -2.23. The molecule has 0 spiro atoms. The van der Waals surface area contributed by atoms with Crippen molar-refractivity contribution >= 4 is 34.7 Å². The summed E-state index contributed by atoms with van der Waals surface area (Å²) in [6.07, 6.45) is 3.32. The molecule has 5 nitrogen and oxygen atoms in total. The van der Waals surface area contributed by atoms with Crippen LogP contribution in [0.25, 0.3) is 0 Å². The number of pyridine rings is 1. The summed E-state index contributed by atoms with van der Waals surface area (Å²) in [6.45, 7) is 8.50. The van der Waals surface area contributed by atoms with Crippen LogP contribution in [0.2, 0.25) is 5.02 Å². The molecule has 2 aromatic heterocycles. The molecule has 2 N–H and O–H groups in total. The largest absolute Gasteiger partial charge is 0.369 e. The maximum absolute atomic E-state index is 12.4. The standard InChI is InChI=1S/C15H19ClN4OS/c1-5-17-12-11(16)6-10(8-18-12)13(21)20-15(3,4)14-19-7-9(2)22-14/h6-8H,5H2,1-4H3,(H,17,18)(H,20,21). The molecule has 0 aliphatic heterocycles. The molecule has 118 valence electrons. The fourth-order valence-corrected chi connectivity index (χ4v) is 2.97. The van der Waals surface area contributed by atoms with Crippen LogP contribution < -0.4 is 10.6 Å². The summed E-state index contributed by atoms with van der Waals surface area (Å²) in [5.74, 6) is 0.353. The minimum Gasteiger partial charge on any atom is -0.369 e. The third-order valence-corrected chi connectivity index (χ3v) is 4.55. The fraction of sp³-hybridized carbons (Fsp3) is 0.400. The van der Waals surface area contributed by atoms with Crippen molar-refractivity contribution in [2.24, 2.45) is 0 Å². The highest BCUT2D eigenvalue weighted by molar-refractivity contribution is 7.11. The number of aryl methyl sites for hydroxylation is 1. The summed E-state index contributed by atoms with van der Waals surface area (Å²) in [5.41, 5.74) is -0.129. The van der Waals surface area contributed by atoms with E-state index in [1.807, 2.05) is 27.7 Å². The number of amides is 1. The van der Waals surface area contributed by atoms with Gasteiger partial charge >= 0.3 is 0 Å². The first-order chi connectivity index (χ1) is 10.3. The van der Waals surface area contributed by atoms with E-state index in [9.17, 15) is 4.79 Å². The monoisotopic (exact) mass is 338 g/mol.